The van der Waals surface area contributed by atoms with Crippen LogP contribution in [-0.2, 0) is 14.2 Å². The number of carbonyl (C=O) groups excluding carboxylic acids is 1. The molecular formula is C13H16O6. The van der Waals surface area contributed by atoms with Crippen molar-refractivity contribution < 1.29 is 29.2 Å². The molecule has 4 atom stereocenters. The van der Waals surface area contributed by atoms with E-state index in [2.05, 4.69) is 0 Å². The highest BCUT2D eigenvalue weighted by molar-refractivity contribution is 5.89. The fraction of sp³-hybridized carbons (Fsp3) is 0.462. The summed E-state index contributed by atoms with van der Waals surface area (Å²) in [7, 11) is 1.36. The van der Waals surface area contributed by atoms with E-state index in [1.165, 1.54) is 7.11 Å². The molecule has 1 heterocycles. The van der Waals surface area contributed by atoms with Crippen molar-refractivity contribution in [3.05, 3.63) is 35.9 Å². The maximum Gasteiger partial charge on any atom is 0.338 e. The Kier molecular flexibility index (Phi) is 4.49. The first-order chi connectivity index (χ1) is 9.13. The Morgan fingerprint density at radius 2 is 1.95 bits per heavy atom. The van der Waals surface area contributed by atoms with Gasteiger partial charge in [0.2, 0.25) is 0 Å². The Morgan fingerprint density at radius 3 is 2.53 bits per heavy atom. The first-order valence-electron chi connectivity index (χ1n) is 5.90. The third-order valence-corrected chi connectivity index (χ3v) is 2.94. The van der Waals surface area contributed by atoms with E-state index in [9.17, 15) is 15.0 Å². The van der Waals surface area contributed by atoms with Crippen LogP contribution in [0, 0.1) is 0 Å². The van der Waals surface area contributed by atoms with E-state index in [4.69, 9.17) is 14.2 Å². The fourth-order valence-corrected chi connectivity index (χ4v) is 1.86. The van der Waals surface area contributed by atoms with E-state index < -0.39 is 30.6 Å². The summed E-state index contributed by atoms with van der Waals surface area (Å²) < 4.78 is 15.1. The second-order valence-corrected chi connectivity index (χ2v) is 4.22. The number of hydrogen-bond acceptors (Lipinski definition) is 6. The minimum absolute atomic E-state index is 0.147. The van der Waals surface area contributed by atoms with Crippen LogP contribution in [0.5, 0.6) is 0 Å². The van der Waals surface area contributed by atoms with Crippen LogP contribution in [0.2, 0.25) is 0 Å². The van der Waals surface area contributed by atoms with Gasteiger partial charge in [0.15, 0.2) is 6.29 Å². The van der Waals surface area contributed by atoms with Crippen LogP contribution < -0.4 is 0 Å². The Hall–Kier alpha value is -1.47. The topological polar surface area (TPSA) is 85.2 Å². The Morgan fingerprint density at radius 1 is 1.26 bits per heavy atom. The van der Waals surface area contributed by atoms with Gasteiger partial charge in [0.05, 0.1) is 5.56 Å². The molecule has 104 valence electrons. The van der Waals surface area contributed by atoms with Gasteiger partial charge < -0.3 is 24.4 Å². The molecule has 1 aliphatic rings. The van der Waals surface area contributed by atoms with Gasteiger partial charge in [-0.05, 0) is 12.1 Å². The van der Waals surface area contributed by atoms with Crippen LogP contribution in [0.1, 0.15) is 10.4 Å². The van der Waals surface area contributed by atoms with Gasteiger partial charge in [0.1, 0.15) is 24.9 Å². The van der Waals surface area contributed by atoms with Crippen molar-refractivity contribution >= 4 is 5.97 Å². The van der Waals surface area contributed by atoms with Crippen molar-refractivity contribution in [3.8, 4) is 0 Å². The highest BCUT2D eigenvalue weighted by Crippen LogP contribution is 2.22. The molecule has 0 aromatic heterocycles. The van der Waals surface area contributed by atoms with Crippen molar-refractivity contribution in [1.82, 2.24) is 0 Å². The van der Waals surface area contributed by atoms with Crippen LogP contribution in [0.15, 0.2) is 30.3 Å². The minimum Gasteiger partial charge on any atom is -0.459 e. The number of aliphatic hydroxyl groups is 2. The lowest BCUT2D eigenvalue weighted by Crippen LogP contribution is -2.35. The molecule has 2 rings (SSSR count). The summed E-state index contributed by atoms with van der Waals surface area (Å²) in [6.45, 7) is -0.147. The predicted octanol–water partition coefficient (Wildman–Crippen LogP) is -0.0635. The summed E-state index contributed by atoms with van der Waals surface area (Å²) in [6, 6.07) is 8.49. The smallest absolute Gasteiger partial charge is 0.338 e. The maximum atomic E-state index is 11.7. The number of benzene rings is 1. The van der Waals surface area contributed by atoms with E-state index in [0.29, 0.717) is 5.56 Å². The standard InChI is InChI=1S/C13H16O6/c1-17-13-11(15)10(14)9(19-13)7-18-12(16)8-5-3-2-4-6-8/h2-6,9-11,13-15H,7H2,1H3/t9?,10-,11-,13+/m1/s1. The lowest BCUT2D eigenvalue weighted by atomic mass is 10.1. The van der Waals surface area contributed by atoms with Crippen LogP contribution in [0.4, 0.5) is 0 Å². The normalized spacial score (nSPS) is 30.3. The fourth-order valence-electron chi connectivity index (χ4n) is 1.86. The molecule has 1 unspecified atom stereocenters. The molecule has 0 radical (unpaired) electrons. The van der Waals surface area contributed by atoms with E-state index in [0.717, 1.165) is 0 Å². The van der Waals surface area contributed by atoms with Crippen LogP contribution >= 0.6 is 0 Å². The predicted molar refractivity (Wildman–Crippen MR) is 64.4 cm³/mol. The molecule has 1 aliphatic heterocycles. The number of methoxy groups -OCH3 is 1. The minimum atomic E-state index is -1.15. The van der Waals surface area contributed by atoms with Gasteiger partial charge in [-0.25, -0.2) is 4.79 Å². The SMILES string of the molecule is CO[C@H]1OC(COC(=O)c2ccccc2)[C@@H](O)[C@H]1O. The zero-order chi connectivity index (χ0) is 13.8. The van der Waals surface area contributed by atoms with Gasteiger partial charge in [-0.2, -0.15) is 0 Å². The van der Waals surface area contributed by atoms with Gasteiger partial charge in [-0.15, -0.1) is 0 Å². The lowest BCUT2D eigenvalue weighted by molar-refractivity contribution is -0.153. The number of ether oxygens (including phenoxy) is 3. The Balaban J connectivity index is 1.88. The van der Waals surface area contributed by atoms with Gasteiger partial charge in [0.25, 0.3) is 0 Å². The van der Waals surface area contributed by atoms with Crippen molar-refractivity contribution in [2.45, 2.75) is 24.6 Å². The number of rotatable bonds is 4. The second-order valence-electron chi connectivity index (χ2n) is 4.22. The molecule has 19 heavy (non-hydrogen) atoms. The zero-order valence-corrected chi connectivity index (χ0v) is 10.4. The summed E-state index contributed by atoms with van der Waals surface area (Å²) in [5, 5.41) is 19.3. The molecule has 0 bridgehead atoms. The Labute approximate surface area is 110 Å². The highest BCUT2D eigenvalue weighted by Gasteiger charge is 2.43. The molecule has 0 spiro atoms. The average Bonchev–Trinajstić information content (AvgIpc) is 2.73. The summed E-state index contributed by atoms with van der Waals surface area (Å²) >= 11 is 0. The quantitative estimate of drug-likeness (QED) is 0.744. The van der Waals surface area contributed by atoms with Gasteiger partial charge in [-0.1, -0.05) is 18.2 Å². The molecule has 1 aromatic rings. The third kappa shape index (κ3) is 3.10. The average molecular weight is 268 g/mol. The molecule has 6 heteroatoms. The molecule has 6 nitrogen and oxygen atoms in total. The zero-order valence-electron chi connectivity index (χ0n) is 10.4. The van der Waals surface area contributed by atoms with Crippen molar-refractivity contribution in [2.24, 2.45) is 0 Å². The van der Waals surface area contributed by atoms with Crippen molar-refractivity contribution in [1.29, 1.82) is 0 Å². The van der Waals surface area contributed by atoms with Crippen LogP contribution in [0.3, 0.4) is 0 Å². The van der Waals surface area contributed by atoms with E-state index >= 15 is 0 Å². The highest BCUT2D eigenvalue weighted by atomic mass is 16.7. The second kappa shape index (κ2) is 6.12. The Bertz CT molecular complexity index is 420. The van der Waals surface area contributed by atoms with Gasteiger partial charge in [-0.3, -0.25) is 0 Å². The van der Waals surface area contributed by atoms with Crippen molar-refractivity contribution in [3.63, 3.8) is 0 Å². The van der Waals surface area contributed by atoms with E-state index in [1.54, 1.807) is 30.3 Å². The molecule has 0 aliphatic carbocycles. The summed E-state index contributed by atoms with van der Waals surface area (Å²) in [5.74, 6) is -0.508. The van der Waals surface area contributed by atoms with E-state index in [1.807, 2.05) is 0 Å². The van der Waals surface area contributed by atoms with Crippen molar-refractivity contribution in [2.75, 3.05) is 13.7 Å². The summed E-state index contributed by atoms with van der Waals surface area (Å²) in [6.07, 6.45) is -4.00. The molecular weight excluding hydrogens is 252 g/mol. The van der Waals surface area contributed by atoms with Gasteiger partial charge >= 0.3 is 5.97 Å². The number of carbonyl (C=O) groups is 1. The molecule has 1 saturated heterocycles. The van der Waals surface area contributed by atoms with Crippen LogP contribution in [-0.4, -0.2) is 54.5 Å². The van der Waals surface area contributed by atoms with Gasteiger partial charge in [0, 0.05) is 7.11 Å². The summed E-state index contributed by atoms with van der Waals surface area (Å²) in [4.78, 5) is 11.7. The molecule has 1 aromatic carbocycles. The first-order valence-corrected chi connectivity index (χ1v) is 5.90. The number of esters is 1. The third-order valence-electron chi connectivity index (χ3n) is 2.94. The molecule has 1 fully saturated rings. The first kappa shape index (κ1) is 14.0. The molecule has 2 N–H and O–H groups in total. The maximum absolute atomic E-state index is 11.7. The largest absolute Gasteiger partial charge is 0.459 e. The van der Waals surface area contributed by atoms with Crippen LogP contribution in [0.25, 0.3) is 0 Å². The number of hydrogen-bond donors (Lipinski definition) is 2. The lowest BCUT2D eigenvalue weighted by Gasteiger charge is -2.14. The molecule has 0 saturated carbocycles. The molecule has 0 amide bonds. The summed E-state index contributed by atoms with van der Waals surface area (Å²) in [5.41, 5.74) is 0.416. The van der Waals surface area contributed by atoms with E-state index in [-0.39, 0.29) is 6.61 Å². The monoisotopic (exact) mass is 268 g/mol. The number of aliphatic hydroxyl groups excluding tert-OH is 2.